The van der Waals surface area contributed by atoms with Crippen molar-refractivity contribution in [2.24, 2.45) is 11.8 Å². The van der Waals surface area contributed by atoms with Gasteiger partial charge in [-0.05, 0) is 66.3 Å². The molecule has 1 aromatic heterocycles. The number of ether oxygens (including phenoxy) is 1. The molecule has 0 amide bonds. The van der Waals surface area contributed by atoms with E-state index in [0.29, 0.717) is 30.7 Å². The van der Waals surface area contributed by atoms with Gasteiger partial charge in [0.25, 0.3) is 0 Å². The minimum Gasteiger partial charge on any atom is -0.489 e. The van der Waals surface area contributed by atoms with Crippen molar-refractivity contribution in [1.82, 2.24) is 10.2 Å². The van der Waals surface area contributed by atoms with E-state index in [0.717, 1.165) is 22.6 Å². The smallest absolute Gasteiger partial charge is 0.306 e. The van der Waals surface area contributed by atoms with E-state index in [4.69, 9.17) is 15.3 Å². The zero-order valence-corrected chi connectivity index (χ0v) is 16.9. The second-order valence-electron chi connectivity index (χ2n) is 7.81. The van der Waals surface area contributed by atoms with Crippen molar-refractivity contribution in [1.29, 1.82) is 5.41 Å². The summed E-state index contributed by atoms with van der Waals surface area (Å²) < 4.78 is 5.84. The maximum absolute atomic E-state index is 12.6. The fourth-order valence-corrected chi connectivity index (χ4v) is 3.67. The molecule has 1 aliphatic carbocycles. The van der Waals surface area contributed by atoms with Crippen molar-refractivity contribution in [3.05, 3.63) is 71.9 Å². The SMILES string of the molecule is N=C(CC(=O)c1cccc(COc2ccc(-c3ccn[nH]3)cc2)c1)[C@H]1C[C@@H](C(=O)O)C1. The first-order valence-corrected chi connectivity index (χ1v) is 10.1. The summed E-state index contributed by atoms with van der Waals surface area (Å²) in [6.07, 6.45) is 2.63. The van der Waals surface area contributed by atoms with E-state index in [1.165, 1.54) is 0 Å². The molecule has 7 heteroatoms. The Kier molecular flexibility index (Phi) is 5.93. The first-order chi connectivity index (χ1) is 15.0. The number of nitrogens with zero attached hydrogens (tertiary/aromatic N) is 1. The third kappa shape index (κ3) is 4.88. The van der Waals surface area contributed by atoms with E-state index in [-0.39, 0.29) is 24.0 Å². The van der Waals surface area contributed by atoms with Crippen LogP contribution in [0.5, 0.6) is 5.75 Å². The molecular weight excluding hydrogens is 394 g/mol. The Labute approximate surface area is 179 Å². The summed E-state index contributed by atoms with van der Waals surface area (Å²) in [7, 11) is 0. The van der Waals surface area contributed by atoms with E-state index < -0.39 is 5.97 Å². The Balaban J connectivity index is 1.31. The molecule has 7 nitrogen and oxygen atoms in total. The maximum Gasteiger partial charge on any atom is 0.306 e. The number of carboxylic acid groups (broad SMARTS) is 1. The van der Waals surface area contributed by atoms with Gasteiger partial charge in [0.15, 0.2) is 5.78 Å². The van der Waals surface area contributed by atoms with Crippen LogP contribution in [0.25, 0.3) is 11.3 Å². The van der Waals surface area contributed by atoms with Crippen LogP contribution in [-0.2, 0) is 11.4 Å². The van der Waals surface area contributed by atoms with Gasteiger partial charge in [-0.25, -0.2) is 0 Å². The summed E-state index contributed by atoms with van der Waals surface area (Å²) in [5.41, 5.74) is 3.67. The van der Waals surface area contributed by atoms with Gasteiger partial charge in [-0.2, -0.15) is 5.10 Å². The van der Waals surface area contributed by atoms with Gasteiger partial charge in [0, 0.05) is 23.9 Å². The molecule has 0 radical (unpaired) electrons. The minimum atomic E-state index is -0.820. The third-order valence-corrected chi connectivity index (χ3v) is 5.65. The topological polar surface area (TPSA) is 116 Å². The van der Waals surface area contributed by atoms with E-state index in [1.54, 1.807) is 24.4 Å². The van der Waals surface area contributed by atoms with Gasteiger partial charge in [-0.3, -0.25) is 14.7 Å². The fraction of sp³-hybridized carbons (Fsp3) is 0.250. The van der Waals surface area contributed by atoms with Crippen LogP contribution < -0.4 is 4.74 Å². The van der Waals surface area contributed by atoms with Gasteiger partial charge < -0.3 is 15.3 Å². The quantitative estimate of drug-likeness (QED) is 0.353. The molecule has 0 saturated heterocycles. The monoisotopic (exact) mass is 417 g/mol. The molecule has 1 saturated carbocycles. The number of hydrogen-bond donors (Lipinski definition) is 3. The lowest BCUT2D eigenvalue weighted by molar-refractivity contribution is -0.145. The number of aliphatic carboxylic acids is 1. The Morgan fingerprint density at radius 3 is 2.55 bits per heavy atom. The number of hydrogen-bond acceptors (Lipinski definition) is 5. The van der Waals surface area contributed by atoms with Crippen molar-refractivity contribution < 1.29 is 19.4 Å². The number of rotatable bonds is 9. The summed E-state index contributed by atoms with van der Waals surface area (Å²) in [4.78, 5) is 23.5. The number of carbonyl (C=O) groups excluding carboxylic acids is 1. The summed E-state index contributed by atoms with van der Waals surface area (Å²) in [6, 6.07) is 16.8. The summed E-state index contributed by atoms with van der Waals surface area (Å²) in [6.45, 7) is 0.324. The van der Waals surface area contributed by atoms with Crippen LogP contribution >= 0.6 is 0 Å². The molecule has 1 heterocycles. The Morgan fingerprint density at radius 1 is 1.10 bits per heavy atom. The number of nitrogens with one attached hydrogen (secondary N) is 2. The molecular formula is C24H23N3O4. The number of aromatic nitrogens is 2. The first-order valence-electron chi connectivity index (χ1n) is 10.1. The van der Waals surface area contributed by atoms with Gasteiger partial charge in [0.2, 0.25) is 0 Å². The highest BCUT2D eigenvalue weighted by molar-refractivity contribution is 6.09. The molecule has 3 aromatic rings. The molecule has 4 rings (SSSR count). The lowest BCUT2D eigenvalue weighted by Crippen LogP contribution is -2.35. The minimum absolute atomic E-state index is 0.0242. The Hall–Kier alpha value is -3.74. The standard InChI is InChI=1S/C24H23N3O4/c25-21(18-11-19(12-18)24(29)30)13-23(28)17-3-1-2-15(10-17)14-31-20-6-4-16(5-7-20)22-8-9-26-27-22/h1-10,18-19,25H,11-14H2,(H,26,27)(H,29,30)/t18-,19+. The highest BCUT2D eigenvalue weighted by atomic mass is 16.5. The van der Waals surface area contributed by atoms with Crippen LogP contribution in [0, 0.1) is 17.2 Å². The van der Waals surface area contributed by atoms with Crippen LogP contribution in [0.15, 0.2) is 60.8 Å². The van der Waals surface area contributed by atoms with Crippen LogP contribution in [0.4, 0.5) is 0 Å². The number of H-pyrrole nitrogens is 1. The summed E-state index contributed by atoms with van der Waals surface area (Å²) >= 11 is 0. The van der Waals surface area contributed by atoms with Crippen molar-refractivity contribution in [2.75, 3.05) is 0 Å². The molecule has 1 fully saturated rings. The zero-order chi connectivity index (χ0) is 21.8. The van der Waals surface area contributed by atoms with Crippen molar-refractivity contribution >= 4 is 17.5 Å². The number of Topliss-reactive ketones (excluding diaryl/α,β-unsaturated/α-hetero) is 1. The van der Waals surface area contributed by atoms with Crippen LogP contribution in [0.3, 0.4) is 0 Å². The van der Waals surface area contributed by atoms with Crippen LogP contribution in [-0.4, -0.2) is 32.8 Å². The second-order valence-corrected chi connectivity index (χ2v) is 7.81. The molecule has 31 heavy (non-hydrogen) atoms. The maximum atomic E-state index is 12.6. The van der Waals surface area contributed by atoms with E-state index in [2.05, 4.69) is 10.2 Å². The molecule has 1 aliphatic rings. The molecule has 0 unspecified atom stereocenters. The number of benzene rings is 2. The van der Waals surface area contributed by atoms with E-state index in [1.807, 2.05) is 36.4 Å². The molecule has 0 bridgehead atoms. The molecule has 0 spiro atoms. The average Bonchev–Trinajstić information content (AvgIpc) is 3.26. The molecule has 158 valence electrons. The Morgan fingerprint density at radius 2 is 1.87 bits per heavy atom. The number of carbonyl (C=O) groups is 2. The van der Waals surface area contributed by atoms with E-state index in [9.17, 15) is 9.59 Å². The fourth-order valence-electron chi connectivity index (χ4n) is 3.67. The lowest BCUT2D eigenvalue weighted by atomic mass is 9.71. The first kappa shape index (κ1) is 20.5. The van der Waals surface area contributed by atoms with Gasteiger partial charge in [-0.15, -0.1) is 0 Å². The third-order valence-electron chi connectivity index (χ3n) is 5.65. The van der Waals surface area contributed by atoms with Gasteiger partial charge in [0.05, 0.1) is 11.6 Å². The lowest BCUT2D eigenvalue weighted by Gasteiger charge is -2.32. The predicted octanol–water partition coefficient (Wildman–Crippen LogP) is 4.36. The van der Waals surface area contributed by atoms with Crippen LogP contribution in [0.2, 0.25) is 0 Å². The van der Waals surface area contributed by atoms with Crippen molar-refractivity contribution in [3.63, 3.8) is 0 Å². The predicted molar refractivity (Wildman–Crippen MR) is 115 cm³/mol. The number of aromatic amines is 1. The number of carboxylic acids is 1. The summed E-state index contributed by atoms with van der Waals surface area (Å²) in [5.74, 6) is -0.705. The van der Waals surface area contributed by atoms with Gasteiger partial charge in [-0.1, -0.05) is 18.2 Å². The average molecular weight is 417 g/mol. The van der Waals surface area contributed by atoms with Crippen molar-refractivity contribution in [2.45, 2.75) is 25.9 Å². The van der Waals surface area contributed by atoms with Gasteiger partial charge in [0.1, 0.15) is 12.4 Å². The van der Waals surface area contributed by atoms with E-state index >= 15 is 0 Å². The molecule has 3 N–H and O–H groups in total. The Bertz CT molecular complexity index is 1080. The summed E-state index contributed by atoms with van der Waals surface area (Å²) in [5, 5.41) is 24.0. The largest absolute Gasteiger partial charge is 0.489 e. The van der Waals surface area contributed by atoms with Crippen LogP contribution in [0.1, 0.15) is 35.2 Å². The normalized spacial score (nSPS) is 17.5. The highest BCUT2D eigenvalue weighted by Crippen LogP contribution is 2.35. The molecule has 0 aliphatic heterocycles. The van der Waals surface area contributed by atoms with Crippen molar-refractivity contribution in [3.8, 4) is 17.0 Å². The number of ketones is 1. The van der Waals surface area contributed by atoms with Gasteiger partial charge >= 0.3 is 5.97 Å². The second kappa shape index (κ2) is 8.95. The molecule has 2 aromatic carbocycles. The highest BCUT2D eigenvalue weighted by Gasteiger charge is 2.37. The zero-order valence-electron chi connectivity index (χ0n) is 16.9. The molecule has 0 atom stereocenters.